The van der Waals surface area contributed by atoms with Gasteiger partial charge in [-0.15, -0.1) is 0 Å². The van der Waals surface area contributed by atoms with Crippen LogP contribution in [0.1, 0.15) is 0 Å². The average molecular weight is 238 g/mol. The van der Waals surface area contributed by atoms with Crippen molar-refractivity contribution in [1.82, 2.24) is 0 Å². The summed E-state index contributed by atoms with van der Waals surface area (Å²) in [5.74, 6) is -4.22. The second kappa shape index (κ2) is 9.41. The Hall–Kier alpha value is 0.377. The zero-order valence-corrected chi connectivity index (χ0v) is 10.7. The van der Waals surface area contributed by atoms with Crippen molar-refractivity contribution in [3.63, 3.8) is 0 Å². The van der Waals surface area contributed by atoms with Gasteiger partial charge in [0.2, 0.25) is 0 Å². The fraction of sp³-hybridized carbons (Fsp3) is 0.667. The maximum Gasteiger partial charge on any atom is 1.00 e. The SMILES string of the molecule is O=C([O-])[C@@H](O)[C@@H](O)[C@H](O)[C@@H](O)C(=O)[O-].[Li+].[Na+]. The zero-order valence-electron chi connectivity index (χ0n) is 8.73. The van der Waals surface area contributed by atoms with Crippen molar-refractivity contribution in [3.8, 4) is 0 Å². The molecule has 0 aliphatic heterocycles. The van der Waals surface area contributed by atoms with Gasteiger partial charge in [-0.1, -0.05) is 0 Å². The van der Waals surface area contributed by atoms with Gasteiger partial charge in [0.25, 0.3) is 0 Å². The summed E-state index contributed by atoms with van der Waals surface area (Å²) in [6, 6.07) is 0. The fourth-order valence-corrected chi connectivity index (χ4v) is 0.652. The normalized spacial score (nSPS) is 17.0. The molecular weight excluding hydrogens is 230 g/mol. The van der Waals surface area contributed by atoms with Crippen LogP contribution in [0.2, 0.25) is 0 Å². The largest absolute Gasteiger partial charge is 1.00 e. The van der Waals surface area contributed by atoms with Crippen LogP contribution in [0.15, 0.2) is 0 Å². The number of hydrogen-bond acceptors (Lipinski definition) is 8. The first-order chi connectivity index (χ1) is 6.29. The Labute approximate surface area is 124 Å². The summed E-state index contributed by atoms with van der Waals surface area (Å²) in [4.78, 5) is 19.9. The Morgan fingerprint density at radius 2 is 1.00 bits per heavy atom. The number of aliphatic hydroxyl groups is 4. The molecule has 0 saturated heterocycles. The van der Waals surface area contributed by atoms with Crippen molar-refractivity contribution < 1.29 is 88.6 Å². The second-order valence-corrected chi connectivity index (χ2v) is 2.51. The number of carboxylic acid groups (broad SMARTS) is 2. The fourth-order valence-electron chi connectivity index (χ4n) is 0.652. The minimum Gasteiger partial charge on any atom is -0.547 e. The van der Waals surface area contributed by atoms with E-state index in [1.54, 1.807) is 0 Å². The number of hydrogen-bond donors (Lipinski definition) is 4. The van der Waals surface area contributed by atoms with Gasteiger partial charge in [-0.25, -0.2) is 0 Å². The molecule has 0 spiro atoms. The third-order valence-electron chi connectivity index (χ3n) is 1.48. The molecule has 16 heavy (non-hydrogen) atoms. The van der Waals surface area contributed by atoms with Crippen molar-refractivity contribution in [1.29, 1.82) is 0 Å². The van der Waals surface area contributed by atoms with Gasteiger partial charge >= 0.3 is 48.4 Å². The van der Waals surface area contributed by atoms with Crippen LogP contribution < -0.4 is 58.6 Å². The predicted octanol–water partition coefficient (Wildman–Crippen LogP) is -12.1. The number of carboxylic acids is 2. The third kappa shape index (κ3) is 6.20. The van der Waals surface area contributed by atoms with Gasteiger partial charge in [-0.05, 0) is 0 Å². The molecule has 82 valence electrons. The minimum absolute atomic E-state index is 0. The molecule has 10 heteroatoms. The van der Waals surface area contributed by atoms with E-state index < -0.39 is 36.4 Å². The average Bonchev–Trinajstić information content (AvgIpc) is 2.12. The first kappa shape index (κ1) is 21.6. The summed E-state index contributed by atoms with van der Waals surface area (Å²) in [6.45, 7) is 0. The third-order valence-corrected chi connectivity index (χ3v) is 1.48. The molecule has 0 aliphatic carbocycles. The van der Waals surface area contributed by atoms with Crippen LogP contribution in [0.5, 0.6) is 0 Å². The molecule has 0 aliphatic rings. The topological polar surface area (TPSA) is 161 Å². The van der Waals surface area contributed by atoms with Crippen LogP contribution in [-0.4, -0.2) is 56.8 Å². The summed E-state index contributed by atoms with van der Waals surface area (Å²) in [5, 5.41) is 54.7. The van der Waals surface area contributed by atoms with Crippen LogP contribution in [0.3, 0.4) is 0 Å². The van der Waals surface area contributed by atoms with Gasteiger partial charge in [0.05, 0.1) is 11.9 Å². The van der Waals surface area contributed by atoms with Crippen LogP contribution in [0.25, 0.3) is 0 Å². The van der Waals surface area contributed by atoms with E-state index in [0.717, 1.165) is 0 Å². The maximum atomic E-state index is 9.96. The summed E-state index contributed by atoms with van der Waals surface area (Å²) in [6.07, 6.45) is -9.76. The Kier molecular flexibility index (Phi) is 12.7. The van der Waals surface area contributed by atoms with Crippen LogP contribution in [0.4, 0.5) is 0 Å². The molecular formula is C6H8LiNaO8. The maximum absolute atomic E-state index is 9.96. The van der Waals surface area contributed by atoms with Crippen molar-refractivity contribution in [2.75, 3.05) is 0 Å². The molecule has 0 rings (SSSR count). The number of carbonyl (C=O) groups excluding carboxylic acids is 2. The van der Waals surface area contributed by atoms with E-state index in [0.29, 0.717) is 0 Å². The number of aliphatic carboxylic acids is 2. The van der Waals surface area contributed by atoms with Crippen molar-refractivity contribution in [2.45, 2.75) is 24.4 Å². The number of carbonyl (C=O) groups is 2. The molecule has 0 fully saturated rings. The van der Waals surface area contributed by atoms with Crippen molar-refractivity contribution in [2.24, 2.45) is 0 Å². The van der Waals surface area contributed by atoms with E-state index >= 15 is 0 Å². The van der Waals surface area contributed by atoms with E-state index in [9.17, 15) is 19.8 Å². The number of rotatable bonds is 5. The summed E-state index contributed by atoms with van der Waals surface area (Å²) >= 11 is 0. The van der Waals surface area contributed by atoms with E-state index in [-0.39, 0.29) is 48.4 Å². The molecule has 0 bridgehead atoms. The van der Waals surface area contributed by atoms with Gasteiger partial charge in [0.1, 0.15) is 24.4 Å². The molecule has 0 aromatic carbocycles. The van der Waals surface area contributed by atoms with E-state index in [2.05, 4.69) is 0 Å². The van der Waals surface area contributed by atoms with E-state index in [1.807, 2.05) is 0 Å². The molecule has 8 nitrogen and oxygen atoms in total. The first-order valence-corrected chi connectivity index (χ1v) is 3.43. The summed E-state index contributed by atoms with van der Waals surface area (Å²) < 4.78 is 0. The Bertz CT molecular complexity index is 213. The Balaban J connectivity index is -0.000000845. The minimum atomic E-state index is -2.50. The molecule has 0 radical (unpaired) electrons. The quantitative estimate of drug-likeness (QED) is 0.343. The van der Waals surface area contributed by atoms with E-state index in [1.165, 1.54) is 0 Å². The van der Waals surface area contributed by atoms with Crippen molar-refractivity contribution >= 4 is 11.9 Å². The van der Waals surface area contributed by atoms with Crippen LogP contribution in [-0.2, 0) is 9.59 Å². The standard InChI is InChI=1S/C6H10O8.Li.Na/c7-1(3(9)5(11)12)2(8)4(10)6(13)14;;/h1-4,7-10H,(H,11,12)(H,13,14);;/q;2*+1/p-2/t1-,2-,3-,4+;;/m0../s1. The molecule has 0 saturated carbocycles. The van der Waals surface area contributed by atoms with Gasteiger partial charge < -0.3 is 40.2 Å². The molecule has 4 N–H and O–H groups in total. The van der Waals surface area contributed by atoms with Gasteiger partial charge in [0.15, 0.2) is 0 Å². The van der Waals surface area contributed by atoms with Crippen LogP contribution in [0, 0.1) is 0 Å². The Morgan fingerprint density at radius 3 is 1.12 bits per heavy atom. The van der Waals surface area contributed by atoms with Crippen LogP contribution >= 0.6 is 0 Å². The van der Waals surface area contributed by atoms with Gasteiger partial charge in [-0.3, -0.25) is 0 Å². The molecule has 0 aromatic heterocycles. The van der Waals surface area contributed by atoms with Gasteiger partial charge in [-0.2, -0.15) is 0 Å². The molecule has 4 atom stereocenters. The smallest absolute Gasteiger partial charge is 0.547 e. The van der Waals surface area contributed by atoms with E-state index in [4.69, 9.17) is 20.4 Å². The molecule has 0 amide bonds. The second-order valence-electron chi connectivity index (χ2n) is 2.51. The molecule has 0 heterocycles. The first-order valence-electron chi connectivity index (χ1n) is 3.43. The molecule has 0 unspecified atom stereocenters. The van der Waals surface area contributed by atoms with Crippen molar-refractivity contribution in [3.05, 3.63) is 0 Å². The van der Waals surface area contributed by atoms with Gasteiger partial charge in [0, 0.05) is 0 Å². The summed E-state index contributed by atoms with van der Waals surface area (Å²) in [5.41, 5.74) is 0. The summed E-state index contributed by atoms with van der Waals surface area (Å²) in [7, 11) is 0. The number of aliphatic hydroxyl groups excluding tert-OH is 4. The Morgan fingerprint density at radius 1 is 0.812 bits per heavy atom. The molecule has 0 aromatic rings. The zero-order chi connectivity index (χ0) is 11.5. The predicted molar refractivity (Wildman–Crippen MR) is 34.0 cm³/mol. The monoisotopic (exact) mass is 238 g/mol.